The van der Waals surface area contributed by atoms with Gasteiger partial charge in [0.15, 0.2) is 0 Å². The lowest BCUT2D eigenvalue weighted by Crippen LogP contribution is -2.50. The number of aromatic nitrogens is 2. The minimum Gasteiger partial charge on any atom is -0.441 e. The van der Waals surface area contributed by atoms with Crippen LogP contribution in [0.3, 0.4) is 0 Å². The number of carbonyl (C=O) groups excluding carboxylic acids is 2. The molecule has 0 N–H and O–H groups in total. The zero-order valence-electron chi connectivity index (χ0n) is 16.3. The molecule has 0 radical (unpaired) electrons. The molecule has 2 saturated heterocycles. The Hall–Kier alpha value is -2.05. The minimum absolute atomic E-state index is 0.0755. The number of likely N-dealkylation sites (tertiary alicyclic amines) is 1. The molecule has 3 heterocycles. The molecule has 1 atom stereocenters. The predicted octanol–water partition coefficient (Wildman–Crippen LogP) is 2.50. The van der Waals surface area contributed by atoms with Gasteiger partial charge in [-0.05, 0) is 33.3 Å². The second kappa shape index (κ2) is 7.29. The van der Waals surface area contributed by atoms with Gasteiger partial charge in [-0.3, -0.25) is 9.48 Å². The second-order valence-corrected chi connectivity index (χ2v) is 7.78. The lowest BCUT2D eigenvalue weighted by molar-refractivity contribution is -0.135. The van der Waals surface area contributed by atoms with Gasteiger partial charge >= 0.3 is 6.09 Å². The van der Waals surface area contributed by atoms with E-state index in [1.807, 2.05) is 29.7 Å². The first kappa shape index (κ1) is 18.7. The summed E-state index contributed by atoms with van der Waals surface area (Å²) in [6, 6.07) is 2.18. The van der Waals surface area contributed by atoms with Crippen LogP contribution >= 0.6 is 0 Å². The smallest absolute Gasteiger partial charge is 0.410 e. The maximum atomic E-state index is 12.6. The Balaban J connectivity index is 1.56. The molecule has 7 nitrogen and oxygen atoms in total. The van der Waals surface area contributed by atoms with Crippen LogP contribution in [0.5, 0.6) is 0 Å². The average Bonchev–Trinajstić information content (AvgIpc) is 3.07. The van der Waals surface area contributed by atoms with E-state index in [1.165, 1.54) is 0 Å². The fraction of sp³-hybridized carbons (Fsp3) is 0.737. The van der Waals surface area contributed by atoms with Crippen LogP contribution in [0, 0.1) is 13.8 Å². The van der Waals surface area contributed by atoms with Crippen molar-refractivity contribution in [3.63, 3.8) is 0 Å². The fourth-order valence-electron chi connectivity index (χ4n) is 4.05. The lowest BCUT2D eigenvalue weighted by Gasteiger charge is -2.37. The van der Waals surface area contributed by atoms with E-state index in [0.717, 1.165) is 24.2 Å². The molecule has 144 valence electrons. The molecule has 2 amide bonds. The van der Waals surface area contributed by atoms with Crippen molar-refractivity contribution < 1.29 is 14.3 Å². The molecule has 7 heteroatoms. The molecular formula is C19H30N4O3. The third-order valence-corrected chi connectivity index (χ3v) is 5.65. The summed E-state index contributed by atoms with van der Waals surface area (Å²) in [6.45, 7) is 10.3. The van der Waals surface area contributed by atoms with E-state index in [0.29, 0.717) is 32.5 Å². The molecule has 1 spiro atoms. The number of hydrogen-bond acceptors (Lipinski definition) is 4. The third-order valence-electron chi connectivity index (χ3n) is 5.65. The van der Waals surface area contributed by atoms with Crippen LogP contribution in [0.2, 0.25) is 0 Å². The largest absolute Gasteiger partial charge is 0.441 e. The Morgan fingerprint density at radius 1 is 1.35 bits per heavy atom. The van der Waals surface area contributed by atoms with Crippen molar-refractivity contribution in [2.75, 3.05) is 19.6 Å². The molecule has 0 aromatic carbocycles. The van der Waals surface area contributed by atoms with Crippen molar-refractivity contribution in [2.24, 2.45) is 0 Å². The highest BCUT2D eigenvalue weighted by atomic mass is 16.6. The Morgan fingerprint density at radius 3 is 2.62 bits per heavy atom. The van der Waals surface area contributed by atoms with Crippen LogP contribution in [0.25, 0.3) is 0 Å². The fourth-order valence-corrected chi connectivity index (χ4v) is 4.05. The highest BCUT2D eigenvalue weighted by Gasteiger charge is 2.48. The molecule has 2 aliphatic rings. The van der Waals surface area contributed by atoms with E-state index in [4.69, 9.17) is 4.74 Å². The zero-order valence-corrected chi connectivity index (χ0v) is 16.3. The molecule has 0 bridgehead atoms. The molecule has 2 fully saturated rings. The highest BCUT2D eigenvalue weighted by Crippen LogP contribution is 2.34. The van der Waals surface area contributed by atoms with Crippen molar-refractivity contribution in [3.05, 3.63) is 17.5 Å². The van der Waals surface area contributed by atoms with E-state index in [-0.39, 0.29) is 24.6 Å². The predicted molar refractivity (Wildman–Crippen MR) is 97.8 cm³/mol. The van der Waals surface area contributed by atoms with Gasteiger partial charge in [-0.15, -0.1) is 0 Å². The van der Waals surface area contributed by atoms with Gasteiger partial charge in [0.25, 0.3) is 0 Å². The summed E-state index contributed by atoms with van der Waals surface area (Å²) in [5.74, 6) is 0.0755. The first-order chi connectivity index (χ1) is 12.3. The Labute approximate surface area is 155 Å². The topological polar surface area (TPSA) is 67.7 Å². The summed E-state index contributed by atoms with van der Waals surface area (Å²) in [5.41, 5.74) is 1.50. The number of amides is 2. The zero-order chi connectivity index (χ0) is 18.9. The van der Waals surface area contributed by atoms with Crippen molar-refractivity contribution in [2.45, 2.75) is 71.6 Å². The molecule has 26 heavy (non-hydrogen) atoms. The van der Waals surface area contributed by atoms with Gasteiger partial charge in [0.1, 0.15) is 12.1 Å². The van der Waals surface area contributed by atoms with E-state index >= 15 is 0 Å². The van der Waals surface area contributed by atoms with Crippen molar-refractivity contribution in [1.82, 2.24) is 19.6 Å². The Morgan fingerprint density at radius 2 is 2.04 bits per heavy atom. The van der Waals surface area contributed by atoms with Crippen LogP contribution in [-0.4, -0.2) is 62.9 Å². The lowest BCUT2D eigenvalue weighted by atomic mass is 9.91. The van der Waals surface area contributed by atoms with Crippen LogP contribution < -0.4 is 0 Å². The van der Waals surface area contributed by atoms with Crippen LogP contribution in [0.15, 0.2) is 6.07 Å². The average molecular weight is 362 g/mol. The maximum absolute atomic E-state index is 12.6. The molecule has 0 unspecified atom stereocenters. The van der Waals surface area contributed by atoms with Gasteiger partial charge in [-0.25, -0.2) is 4.79 Å². The van der Waals surface area contributed by atoms with E-state index in [9.17, 15) is 9.59 Å². The minimum atomic E-state index is -0.423. The standard InChI is InChI=1S/C19H30N4O3/c1-5-6-15(3)22-13-19(26-18(22)25)7-9-21(10-8-19)17(24)12-23-16(4)11-14(2)20-23/h11,15H,5-10,12-13H2,1-4H3/t15-/m0/s1. The third kappa shape index (κ3) is 3.71. The van der Waals surface area contributed by atoms with Crippen LogP contribution in [0.4, 0.5) is 4.79 Å². The second-order valence-electron chi connectivity index (χ2n) is 7.78. The molecular weight excluding hydrogens is 332 g/mol. The number of rotatable bonds is 5. The molecule has 1 aromatic rings. The summed E-state index contributed by atoms with van der Waals surface area (Å²) in [4.78, 5) is 28.6. The van der Waals surface area contributed by atoms with Gasteiger partial charge in [0, 0.05) is 37.7 Å². The van der Waals surface area contributed by atoms with E-state index in [1.54, 1.807) is 4.68 Å². The van der Waals surface area contributed by atoms with Crippen molar-refractivity contribution in [1.29, 1.82) is 0 Å². The van der Waals surface area contributed by atoms with Gasteiger partial charge in [0.05, 0.1) is 12.2 Å². The van der Waals surface area contributed by atoms with E-state index in [2.05, 4.69) is 18.9 Å². The van der Waals surface area contributed by atoms with Crippen LogP contribution in [0.1, 0.15) is 50.9 Å². The molecule has 1 aromatic heterocycles. The Bertz CT molecular complexity index is 676. The Kier molecular flexibility index (Phi) is 5.25. The summed E-state index contributed by atoms with van der Waals surface area (Å²) < 4.78 is 7.53. The normalized spacial score (nSPS) is 20.5. The van der Waals surface area contributed by atoms with Crippen LogP contribution in [-0.2, 0) is 16.1 Å². The first-order valence-electron chi connectivity index (χ1n) is 9.62. The number of aryl methyl sites for hydroxylation is 2. The van der Waals surface area contributed by atoms with Gasteiger partial charge in [-0.2, -0.15) is 5.10 Å². The number of hydrogen-bond donors (Lipinski definition) is 0. The summed E-state index contributed by atoms with van der Waals surface area (Å²) in [6.07, 6.45) is 3.24. The molecule has 0 aliphatic carbocycles. The van der Waals surface area contributed by atoms with Crippen molar-refractivity contribution >= 4 is 12.0 Å². The van der Waals surface area contributed by atoms with Crippen molar-refractivity contribution in [3.8, 4) is 0 Å². The quantitative estimate of drug-likeness (QED) is 0.807. The number of piperidine rings is 1. The maximum Gasteiger partial charge on any atom is 0.410 e. The molecule has 3 rings (SSSR count). The van der Waals surface area contributed by atoms with E-state index < -0.39 is 5.60 Å². The number of nitrogens with zero attached hydrogens (tertiary/aromatic N) is 4. The number of carbonyl (C=O) groups is 2. The first-order valence-corrected chi connectivity index (χ1v) is 9.62. The highest BCUT2D eigenvalue weighted by molar-refractivity contribution is 5.76. The number of ether oxygens (including phenoxy) is 1. The summed E-state index contributed by atoms with van der Waals surface area (Å²) >= 11 is 0. The molecule has 2 aliphatic heterocycles. The molecule has 0 saturated carbocycles. The van der Waals surface area contributed by atoms with Gasteiger partial charge < -0.3 is 14.5 Å². The summed E-state index contributed by atoms with van der Waals surface area (Å²) in [7, 11) is 0. The van der Waals surface area contributed by atoms with Gasteiger partial charge in [-0.1, -0.05) is 13.3 Å². The summed E-state index contributed by atoms with van der Waals surface area (Å²) in [5, 5.41) is 4.37. The SMILES string of the molecule is CCC[C@H](C)N1CC2(CCN(C(=O)Cn3nc(C)cc3C)CC2)OC1=O. The van der Waals surface area contributed by atoms with Gasteiger partial charge in [0.2, 0.25) is 5.91 Å². The monoisotopic (exact) mass is 362 g/mol.